The fraction of sp³-hybridized carbons (Fsp3) is 0.333. The fourth-order valence-electron chi connectivity index (χ4n) is 3.63. The number of nitrogens with one attached hydrogen (secondary N) is 1. The Kier molecular flexibility index (Phi) is 5.05. The van der Waals surface area contributed by atoms with Crippen molar-refractivity contribution in [2.75, 3.05) is 18.1 Å². The number of halogens is 3. The van der Waals surface area contributed by atoms with Crippen LogP contribution in [-0.4, -0.2) is 34.2 Å². The molecule has 2 aromatic heterocycles. The van der Waals surface area contributed by atoms with Gasteiger partial charge in [0.05, 0.1) is 18.3 Å². The second-order valence-electron chi connectivity index (χ2n) is 7.21. The molecule has 30 heavy (non-hydrogen) atoms. The summed E-state index contributed by atoms with van der Waals surface area (Å²) in [5.41, 5.74) is 6.20. The number of hydrogen-bond acceptors (Lipinski definition) is 6. The molecule has 0 aliphatic carbocycles. The molecule has 4 heterocycles. The average Bonchev–Trinajstić information content (AvgIpc) is 3.12. The van der Waals surface area contributed by atoms with Gasteiger partial charge in [0.15, 0.2) is 0 Å². The van der Waals surface area contributed by atoms with Crippen LogP contribution in [0.3, 0.4) is 0 Å². The van der Waals surface area contributed by atoms with Crippen LogP contribution in [0.4, 0.5) is 19.0 Å². The zero-order valence-electron chi connectivity index (χ0n) is 16.9. The van der Waals surface area contributed by atoms with Gasteiger partial charge in [0.25, 0.3) is 0 Å². The summed E-state index contributed by atoms with van der Waals surface area (Å²) in [5.74, 6) is 0.00339. The summed E-state index contributed by atoms with van der Waals surface area (Å²) in [4.78, 5) is 10.3. The molecule has 0 aromatic carbocycles. The minimum atomic E-state index is -4.52. The predicted octanol–water partition coefficient (Wildman–Crippen LogP) is 4.11. The van der Waals surface area contributed by atoms with Crippen molar-refractivity contribution in [3.05, 3.63) is 65.4 Å². The quantitative estimate of drug-likeness (QED) is 0.808. The number of fused-ring (bicyclic) bond motifs is 1. The van der Waals surface area contributed by atoms with Crippen molar-refractivity contribution >= 4 is 11.4 Å². The summed E-state index contributed by atoms with van der Waals surface area (Å²) in [7, 11) is 0. The van der Waals surface area contributed by atoms with Gasteiger partial charge in [0.2, 0.25) is 5.88 Å². The molecule has 158 valence electrons. The van der Waals surface area contributed by atoms with E-state index >= 15 is 0 Å². The summed E-state index contributed by atoms with van der Waals surface area (Å²) < 4.78 is 45.0. The smallest absolute Gasteiger partial charge is 0.421 e. The molecule has 0 radical (unpaired) electrons. The second kappa shape index (κ2) is 7.55. The molecule has 4 rings (SSSR count). The predicted molar refractivity (Wildman–Crippen MR) is 107 cm³/mol. The van der Waals surface area contributed by atoms with Crippen LogP contribution in [-0.2, 0) is 6.18 Å². The molecular weight excluding hydrogens is 395 g/mol. The van der Waals surface area contributed by atoms with Gasteiger partial charge in [0, 0.05) is 36.4 Å². The van der Waals surface area contributed by atoms with Crippen molar-refractivity contribution < 1.29 is 17.9 Å². The molecule has 2 aliphatic heterocycles. The van der Waals surface area contributed by atoms with E-state index in [4.69, 9.17) is 4.74 Å². The van der Waals surface area contributed by atoms with Crippen LogP contribution < -0.4 is 15.1 Å². The molecule has 0 spiro atoms. The van der Waals surface area contributed by atoms with E-state index in [2.05, 4.69) is 15.4 Å². The number of alkyl halides is 3. The van der Waals surface area contributed by atoms with Crippen molar-refractivity contribution in [3.8, 4) is 5.88 Å². The summed E-state index contributed by atoms with van der Waals surface area (Å²) in [6, 6.07) is 6.39. The number of hydrazine groups is 1. The molecule has 2 aliphatic rings. The maximum atomic E-state index is 13.3. The topological polar surface area (TPSA) is 53.5 Å². The zero-order valence-corrected chi connectivity index (χ0v) is 16.9. The van der Waals surface area contributed by atoms with Crippen molar-refractivity contribution in [3.63, 3.8) is 0 Å². The molecule has 1 N–H and O–H groups in total. The fourth-order valence-corrected chi connectivity index (χ4v) is 3.63. The molecule has 0 saturated heterocycles. The van der Waals surface area contributed by atoms with Gasteiger partial charge in [-0.2, -0.15) is 18.2 Å². The lowest BCUT2D eigenvalue weighted by atomic mass is 10.0. The van der Waals surface area contributed by atoms with Crippen LogP contribution in [0.25, 0.3) is 5.57 Å². The highest BCUT2D eigenvalue weighted by Gasteiger charge is 2.37. The number of ether oxygens (including phenoxy) is 1. The molecule has 2 aromatic rings. The van der Waals surface area contributed by atoms with Crippen molar-refractivity contribution in [1.29, 1.82) is 0 Å². The molecule has 0 fully saturated rings. The second-order valence-corrected chi connectivity index (χ2v) is 7.21. The summed E-state index contributed by atoms with van der Waals surface area (Å²) in [6.07, 6.45) is 1.05. The van der Waals surface area contributed by atoms with Crippen molar-refractivity contribution in [2.24, 2.45) is 0 Å². The Balaban J connectivity index is 1.72. The van der Waals surface area contributed by atoms with Gasteiger partial charge in [-0.15, -0.1) is 0 Å². The lowest BCUT2D eigenvalue weighted by Gasteiger charge is -2.38. The Bertz CT molecular complexity index is 1020. The first kappa shape index (κ1) is 20.1. The third-order valence-corrected chi connectivity index (χ3v) is 5.00. The molecule has 0 saturated carbocycles. The van der Waals surface area contributed by atoms with Crippen LogP contribution >= 0.6 is 0 Å². The monoisotopic (exact) mass is 417 g/mol. The highest BCUT2D eigenvalue weighted by molar-refractivity contribution is 5.81. The minimum Gasteiger partial charge on any atom is -0.477 e. The maximum Gasteiger partial charge on any atom is 0.421 e. The number of pyridine rings is 2. The Hall–Kier alpha value is -3.23. The van der Waals surface area contributed by atoms with E-state index in [9.17, 15) is 13.2 Å². The highest BCUT2D eigenvalue weighted by atomic mass is 19.4. The van der Waals surface area contributed by atoms with Crippen LogP contribution in [0, 0.1) is 6.92 Å². The van der Waals surface area contributed by atoms with Crippen LogP contribution in [0.15, 0.2) is 48.6 Å². The van der Waals surface area contributed by atoms with Gasteiger partial charge in [-0.1, -0.05) is 0 Å². The zero-order chi connectivity index (χ0) is 21.5. The van der Waals surface area contributed by atoms with E-state index in [-0.39, 0.29) is 12.6 Å². The van der Waals surface area contributed by atoms with Crippen molar-refractivity contribution in [1.82, 2.24) is 20.4 Å². The maximum absolute atomic E-state index is 13.3. The Morgan fingerprint density at radius 1 is 1.27 bits per heavy atom. The number of nitrogens with zero attached hydrogens (tertiary/aromatic N) is 4. The lowest BCUT2D eigenvalue weighted by Crippen LogP contribution is -2.47. The van der Waals surface area contributed by atoms with Crippen LogP contribution in [0.5, 0.6) is 5.88 Å². The summed E-state index contributed by atoms with van der Waals surface area (Å²) in [6.45, 7) is 6.25. The van der Waals surface area contributed by atoms with Gasteiger partial charge in [-0.3, -0.25) is 9.99 Å². The number of aromatic nitrogens is 2. The Morgan fingerprint density at radius 3 is 2.77 bits per heavy atom. The van der Waals surface area contributed by atoms with E-state index < -0.39 is 17.6 Å². The number of anilines is 1. The van der Waals surface area contributed by atoms with E-state index in [1.165, 1.54) is 6.07 Å². The molecule has 9 heteroatoms. The standard InChI is InChI=1S/C21H22F3N5O/c1-4-30-20-17(21(22,23)24)5-6-19(27-20)28-11-14(3)29-18(12-28)16(10-26-29)15-7-8-25-13(2)9-15/h5-10,12,14,26H,4,11H2,1-3H3/t14-/m0/s1. The summed E-state index contributed by atoms with van der Waals surface area (Å²) in [5, 5.41) is 2.04. The third-order valence-electron chi connectivity index (χ3n) is 5.00. The Morgan fingerprint density at radius 2 is 2.07 bits per heavy atom. The number of aryl methyl sites for hydroxylation is 1. The minimum absolute atomic E-state index is 0.0568. The van der Waals surface area contributed by atoms with Gasteiger partial charge in [-0.05, 0) is 50.6 Å². The first-order valence-corrected chi connectivity index (χ1v) is 9.66. The van der Waals surface area contributed by atoms with Gasteiger partial charge in [0.1, 0.15) is 11.4 Å². The highest BCUT2D eigenvalue weighted by Crippen LogP contribution is 2.38. The van der Waals surface area contributed by atoms with Crippen molar-refractivity contribution in [2.45, 2.75) is 33.0 Å². The first-order chi connectivity index (χ1) is 14.3. The number of hydrogen-bond donors (Lipinski definition) is 1. The molecule has 6 nitrogen and oxygen atoms in total. The van der Waals surface area contributed by atoms with Crippen LogP contribution in [0.2, 0.25) is 0 Å². The van der Waals surface area contributed by atoms with E-state index in [0.717, 1.165) is 28.6 Å². The van der Waals surface area contributed by atoms with Gasteiger partial charge in [-0.25, -0.2) is 0 Å². The van der Waals surface area contributed by atoms with Gasteiger partial charge >= 0.3 is 6.18 Å². The molecular formula is C21H22F3N5O. The normalized spacial score (nSPS) is 18.5. The van der Waals surface area contributed by atoms with Gasteiger partial charge < -0.3 is 15.1 Å². The number of allylic oxidation sites excluding steroid dienone is 1. The van der Waals surface area contributed by atoms with E-state index in [0.29, 0.717) is 12.4 Å². The average molecular weight is 417 g/mol. The van der Waals surface area contributed by atoms with E-state index in [1.54, 1.807) is 13.1 Å². The molecule has 0 bridgehead atoms. The summed E-state index contributed by atoms with van der Waals surface area (Å²) >= 11 is 0. The molecule has 0 amide bonds. The SMILES string of the molecule is CCOc1nc(N2C=C3C(c4ccnc(C)c4)=CNN3[C@@H](C)C2)ccc1C(F)(F)F. The van der Waals surface area contributed by atoms with Crippen LogP contribution in [0.1, 0.15) is 30.7 Å². The molecule has 1 atom stereocenters. The lowest BCUT2D eigenvalue weighted by molar-refractivity contribution is -0.139. The first-order valence-electron chi connectivity index (χ1n) is 9.66. The van der Waals surface area contributed by atoms with E-state index in [1.807, 2.05) is 48.3 Å². The molecule has 0 unspecified atom stereocenters. The Labute approximate surface area is 172 Å². The third kappa shape index (κ3) is 3.67. The number of rotatable bonds is 4. The largest absolute Gasteiger partial charge is 0.477 e.